The standard InChI is InChI=1S/C14H28O3Si/c1-7-12(13-9-8-11(15)10-16-13)17-18(5,6)14(2,3)4/h12-13H,7-10H2,1-6H3. The number of hydrogen-bond acceptors (Lipinski definition) is 3. The van der Waals surface area contributed by atoms with Gasteiger partial charge >= 0.3 is 0 Å². The second kappa shape index (κ2) is 5.84. The molecular weight excluding hydrogens is 244 g/mol. The van der Waals surface area contributed by atoms with Crippen LogP contribution in [0.25, 0.3) is 0 Å². The molecule has 2 unspecified atom stereocenters. The molecule has 1 rings (SSSR count). The lowest BCUT2D eigenvalue weighted by Gasteiger charge is -2.41. The minimum absolute atomic E-state index is 0.0989. The number of hydrogen-bond donors (Lipinski definition) is 0. The first-order chi connectivity index (χ1) is 8.17. The van der Waals surface area contributed by atoms with Gasteiger partial charge in [-0.3, -0.25) is 4.79 Å². The molecule has 1 saturated heterocycles. The van der Waals surface area contributed by atoms with Gasteiger partial charge in [-0.1, -0.05) is 27.7 Å². The Morgan fingerprint density at radius 1 is 1.44 bits per heavy atom. The molecule has 18 heavy (non-hydrogen) atoms. The summed E-state index contributed by atoms with van der Waals surface area (Å²) in [4.78, 5) is 11.2. The van der Waals surface area contributed by atoms with Crippen molar-refractivity contribution in [2.45, 2.75) is 77.3 Å². The van der Waals surface area contributed by atoms with E-state index in [9.17, 15) is 4.79 Å². The topological polar surface area (TPSA) is 35.5 Å². The van der Waals surface area contributed by atoms with E-state index in [1.807, 2.05) is 0 Å². The van der Waals surface area contributed by atoms with Gasteiger partial charge < -0.3 is 9.16 Å². The van der Waals surface area contributed by atoms with Crippen molar-refractivity contribution >= 4 is 14.1 Å². The van der Waals surface area contributed by atoms with E-state index in [4.69, 9.17) is 9.16 Å². The zero-order chi connectivity index (χ0) is 14.0. The molecule has 1 aliphatic heterocycles. The van der Waals surface area contributed by atoms with Crippen LogP contribution in [0.3, 0.4) is 0 Å². The minimum atomic E-state index is -1.75. The number of ether oxygens (including phenoxy) is 1. The molecule has 3 nitrogen and oxygen atoms in total. The van der Waals surface area contributed by atoms with E-state index in [-0.39, 0.29) is 29.6 Å². The van der Waals surface area contributed by atoms with Crippen LogP contribution in [0.5, 0.6) is 0 Å². The van der Waals surface area contributed by atoms with Gasteiger partial charge in [0.1, 0.15) is 6.61 Å². The largest absolute Gasteiger partial charge is 0.411 e. The van der Waals surface area contributed by atoms with E-state index in [1.165, 1.54) is 0 Å². The summed E-state index contributed by atoms with van der Waals surface area (Å²) >= 11 is 0. The Kier molecular flexibility index (Phi) is 5.15. The average molecular weight is 272 g/mol. The molecule has 0 saturated carbocycles. The zero-order valence-electron chi connectivity index (χ0n) is 12.7. The summed E-state index contributed by atoms with van der Waals surface area (Å²) in [5.74, 6) is 0.216. The van der Waals surface area contributed by atoms with Crippen molar-refractivity contribution < 1.29 is 14.0 Å². The average Bonchev–Trinajstić information content (AvgIpc) is 2.25. The summed E-state index contributed by atoms with van der Waals surface area (Å²) in [5.41, 5.74) is 0. The van der Waals surface area contributed by atoms with Crippen molar-refractivity contribution in [3.8, 4) is 0 Å². The Bertz CT molecular complexity index is 284. The lowest BCUT2D eigenvalue weighted by atomic mass is 10.0. The van der Waals surface area contributed by atoms with Crippen molar-refractivity contribution in [3.05, 3.63) is 0 Å². The van der Waals surface area contributed by atoms with Gasteiger partial charge in [-0.15, -0.1) is 0 Å². The summed E-state index contributed by atoms with van der Waals surface area (Å²) in [6.07, 6.45) is 2.64. The highest BCUT2D eigenvalue weighted by molar-refractivity contribution is 6.74. The molecular formula is C14H28O3Si. The van der Waals surface area contributed by atoms with Crippen molar-refractivity contribution in [1.29, 1.82) is 0 Å². The highest BCUT2D eigenvalue weighted by Crippen LogP contribution is 2.38. The maximum atomic E-state index is 11.2. The molecule has 1 fully saturated rings. The number of rotatable bonds is 4. The maximum Gasteiger partial charge on any atom is 0.192 e. The van der Waals surface area contributed by atoms with Crippen LogP contribution in [-0.2, 0) is 14.0 Å². The highest BCUT2D eigenvalue weighted by Gasteiger charge is 2.41. The fourth-order valence-electron chi connectivity index (χ4n) is 1.93. The predicted octanol–water partition coefficient (Wildman–Crippen LogP) is 3.53. The Hall–Kier alpha value is -0.193. The first-order valence-corrected chi connectivity index (χ1v) is 9.89. The Balaban J connectivity index is 2.65. The number of carbonyl (C=O) groups excluding carboxylic acids is 1. The molecule has 0 aromatic rings. The third kappa shape index (κ3) is 3.90. The quantitative estimate of drug-likeness (QED) is 0.734. The molecule has 2 atom stereocenters. The van der Waals surface area contributed by atoms with Crippen molar-refractivity contribution in [1.82, 2.24) is 0 Å². The van der Waals surface area contributed by atoms with Crippen LogP contribution in [0.2, 0.25) is 18.1 Å². The van der Waals surface area contributed by atoms with Crippen molar-refractivity contribution in [2.24, 2.45) is 0 Å². The van der Waals surface area contributed by atoms with Crippen LogP contribution in [0, 0.1) is 0 Å². The lowest BCUT2D eigenvalue weighted by molar-refractivity contribution is -0.136. The highest BCUT2D eigenvalue weighted by atomic mass is 28.4. The molecule has 0 aliphatic carbocycles. The van der Waals surface area contributed by atoms with Crippen LogP contribution in [-0.4, -0.2) is 32.9 Å². The molecule has 0 aromatic carbocycles. The Morgan fingerprint density at radius 2 is 2.06 bits per heavy atom. The van der Waals surface area contributed by atoms with Gasteiger partial charge in [0.25, 0.3) is 0 Å². The van der Waals surface area contributed by atoms with Gasteiger partial charge in [-0.05, 0) is 31.0 Å². The van der Waals surface area contributed by atoms with Crippen LogP contribution in [0.15, 0.2) is 0 Å². The van der Waals surface area contributed by atoms with Gasteiger partial charge in [-0.25, -0.2) is 0 Å². The van der Waals surface area contributed by atoms with E-state index in [1.54, 1.807) is 0 Å². The van der Waals surface area contributed by atoms with Crippen LogP contribution >= 0.6 is 0 Å². The first kappa shape index (κ1) is 15.9. The third-order valence-electron chi connectivity index (χ3n) is 4.24. The first-order valence-electron chi connectivity index (χ1n) is 6.98. The van der Waals surface area contributed by atoms with Crippen LogP contribution in [0.1, 0.15) is 47.0 Å². The summed E-state index contributed by atoms with van der Waals surface area (Å²) in [5, 5.41) is 0.213. The molecule has 0 N–H and O–H groups in total. The second-order valence-corrected chi connectivity index (χ2v) is 11.5. The van der Waals surface area contributed by atoms with Gasteiger partial charge in [0.05, 0.1) is 12.2 Å². The molecule has 0 bridgehead atoms. The van der Waals surface area contributed by atoms with Gasteiger partial charge in [0.2, 0.25) is 0 Å². The lowest BCUT2D eigenvalue weighted by Crippen LogP contribution is -2.48. The number of ketones is 1. The molecule has 0 amide bonds. The normalized spacial score (nSPS) is 24.1. The third-order valence-corrected chi connectivity index (χ3v) is 8.74. The zero-order valence-corrected chi connectivity index (χ0v) is 13.7. The Morgan fingerprint density at radius 3 is 2.44 bits per heavy atom. The predicted molar refractivity (Wildman–Crippen MR) is 76.3 cm³/mol. The van der Waals surface area contributed by atoms with E-state index >= 15 is 0 Å². The van der Waals surface area contributed by atoms with Crippen LogP contribution in [0.4, 0.5) is 0 Å². The monoisotopic (exact) mass is 272 g/mol. The van der Waals surface area contributed by atoms with Gasteiger partial charge in [0.15, 0.2) is 14.1 Å². The minimum Gasteiger partial charge on any atom is -0.411 e. The molecule has 0 radical (unpaired) electrons. The molecule has 1 heterocycles. The second-order valence-electron chi connectivity index (χ2n) is 6.75. The SMILES string of the molecule is CCC(O[Si](C)(C)C(C)(C)C)C1CCC(=O)CO1. The van der Waals surface area contributed by atoms with Gasteiger partial charge in [-0.2, -0.15) is 0 Å². The molecule has 4 heteroatoms. The van der Waals surface area contributed by atoms with E-state index in [0.717, 1.165) is 12.8 Å². The van der Waals surface area contributed by atoms with Crippen LogP contribution < -0.4 is 0 Å². The van der Waals surface area contributed by atoms with E-state index in [0.29, 0.717) is 6.42 Å². The fraction of sp³-hybridized carbons (Fsp3) is 0.929. The fourth-order valence-corrected chi connectivity index (χ4v) is 3.36. The van der Waals surface area contributed by atoms with Crippen molar-refractivity contribution in [3.63, 3.8) is 0 Å². The number of Topliss-reactive ketones (excluding diaryl/α,β-unsaturated/α-hetero) is 1. The molecule has 0 spiro atoms. The smallest absolute Gasteiger partial charge is 0.192 e. The number of carbonyl (C=O) groups is 1. The molecule has 1 aliphatic rings. The molecule has 106 valence electrons. The summed E-state index contributed by atoms with van der Waals surface area (Å²) in [7, 11) is -1.75. The van der Waals surface area contributed by atoms with Gasteiger partial charge in [0, 0.05) is 6.42 Å². The van der Waals surface area contributed by atoms with Crippen molar-refractivity contribution in [2.75, 3.05) is 6.61 Å². The molecule has 0 aromatic heterocycles. The van der Waals surface area contributed by atoms with E-state index < -0.39 is 8.32 Å². The summed E-state index contributed by atoms with van der Waals surface area (Å²) in [6.45, 7) is 13.7. The summed E-state index contributed by atoms with van der Waals surface area (Å²) < 4.78 is 12.1. The maximum absolute atomic E-state index is 11.2. The van der Waals surface area contributed by atoms with E-state index in [2.05, 4.69) is 40.8 Å². The Labute approximate surface area is 112 Å². The summed E-state index contributed by atoms with van der Waals surface area (Å²) in [6, 6.07) is 0.